The minimum absolute atomic E-state index is 0.0231. The van der Waals surface area contributed by atoms with Gasteiger partial charge in [-0.1, -0.05) is 11.6 Å². The SMILES string of the molecule is COC(=O)c1c(C)c2c(-c3c(CSCc4cc(CCc5cc(O)c6ccc(F)c(F)c6c5)n(C)n4)nn(C4CCCCO4)c3C)c(Cl)ccc2n1CCCO. The van der Waals surface area contributed by atoms with Gasteiger partial charge >= 0.3 is 5.97 Å². The van der Waals surface area contributed by atoms with Gasteiger partial charge in [-0.25, -0.2) is 18.3 Å². The molecule has 0 radical (unpaired) electrons. The summed E-state index contributed by atoms with van der Waals surface area (Å²) in [7, 11) is 3.24. The molecule has 2 N–H and O–H groups in total. The molecular formula is C41H44ClF2N5O5S. The van der Waals surface area contributed by atoms with Gasteiger partial charge in [-0.3, -0.25) is 4.68 Å². The number of fused-ring (bicyclic) bond motifs is 2. The van der Waals surface area contributed by atoms with Crippen LogP contribution in [0.4, 0.5) is 8.78 Å². The molecule has 10 nitrogen and oxygen atoms in total. The molecule has 0 spiro atoms. The Labute approximate surface area is 327 Å². The van der Waals surface area contributed by atoms with Crippen molar-refractivity contribution < 1.29 is 33.3 Å². The molecule has 3 aromatic heterocycles. The number of phenolic OH excluding ortho intramolecular Hbond substituents is 1. The lowest BCUT2D eigenvalue weighted by Crippen LogP contribution is -2.20. The van der Waals surface area contributed by atoms with Gasteiger partial charge in [0, 0.05) is 87.5 Å². The third-order valence-electron chi connectivity index (χ3n) is 10.5. The van der Waals surface area contributed by atoms with E-state index in [-0.39, 0.29) is 29.4 Å². The first-order chi connectivity index (χ1) is 26.5. The smallest absolute Gasteiger partial charge is 0.354 e. The van der Waals surface area contributed by atoms with Crippen molar-refractivity contribution in [2.45, 2.75) is 76.7 Å². The summed E-state index contributed by atoms with van der Waals surface area (Å²) in [5.74, 6) is -1.33. The van der Waals surface area contributed by atoms with Gasteiger partial charge in [-0.2, -0.15) is 10.2 Å². The number of methoxy groups -OCH3 is 1. The molecule has 55 heavy (non-hydrogen) atoms. The van der Waals surface area contributed by atoms with Gasteiger partial charge in [-0.15, -0.1) is 11.8 Å². The number of esters is 1. The van der Waals surface area contributed by atoms with Crippen molar-refractivity contribution in [1.82, 2.24) is 24.1 Å². The van der Waals surface area contributed by atoms with E-state index >= 15 is 0 Å². The number of rotatable bonds is 13. The van der Waals surface area contributed by atoms with E-state index in [1.54, 1.807) is 23.9 Å². The van der Waals surface area contributed by atoms with Gasteiger partial charge < -0.3 is 24.3 Å². The number of hydrogen-bond donors (Lipinski definition) is 2. The molecule has 14 heteroatoms. The molecule has 1 fully saturated rings. The summed E-state index contributed by atoms with van der Waals surface area (Å²) in [6.07, 6.45) is 4.23. The number of carbonyl (C=O) groups is 1. The summed E-state index contributed by atoms with van der Waals surface area (Å²) in [5, 5.41) is 31.8. The number of ether oxygens (including phenoxy) is 2. The second-order valence-electron chi connectivity index (χ2n) is 14.0. The fraction of sp³-hybridized carbons (Fsp3) is 0.390. The number of hydrogen-bond acceptors (Lipinski definition) is 8. The Morgan fingerprint density at radius 3 is 2.62 bits per heavy atom. The molecule has 6 aromatic rings. The molecule has 0 aliphatic carbocycles. The van der Waals surface area contributed by atoms with Crippen LogP contribution in [0.15, 0.2) is 42.5 Å². The van der Waals surface area contributed by atoms with E-state index in [4.69, 9.17) is 31.3 Å². The van der Waals surface area contributed by atoms with Gasteiger partial charge in [-0.05, 0) is 106 Å². The van der Waals surface area contributed by atoms with Crippen LogP contribution in [0.3, 0.4) is 0 Å². The van der Waals surface area contributed by atoms with E-state index in [1.807, 2.05) is 53.0 Å². The average Bonchev–Trinajstić information content (AvgIpc) is 3.80. The van der Waals surface area contributed by atoms with Crippen LogP contribution in [0.25, 0.3) is 32.8 Å². The number of nitrogens with zero attached hydrogens (tertiary/aromatic N) is 5. The second kappa shape index (κ2) is 16.4. The number of thioether (sulfide) groups is 1. The summed E-state index contributed by atoms with van der Waals surface area (Å²) in [4.78, 5) is 13.1. The van der Waals surface area contributed by atoms with Crippen LogP contribution in [-0.2, 0) is 47.4 Å². The number of phenols is 1. The molecule has 0 bridgehead atoms. The molecular weight excluding hydrogens is 748 g/mol. The number of aromatic nitrogens is 5. The molecule has 290 valence electrons. The van der Waals surface area contributed by atoms with Crippen LogP contribution >= 0.6 is 23.4 Å². The molecule has 1 unspecified atom stereocenters. The maximum atomic E-state index is 14.5. The molecule has 7 rings (SSSR count). The minimum atomic E-state index is -0.972. The second-order valence-corrected chi connectivity index (χ2v) is 15.4. The molecule has 4 heterocycles. The van der Waals surface area contributed by atoms with E-state index in [0.29, 0.717) is 60.2 Å². The van der Waals surface area contributed by atoms with Gasteiger partial charge in [0.1, 0.15) is 17.7 Å². The average molecular weight is 792 g/mol. The first-order valence-corrected chi connectivity index (χ1v) is 19.9. The van der Waals surface area contributed by atoms with Crippen LogP contribution in [0.5, 0.6) is 5.75 Å². The van der Waals surface area contributed by atoms with E-state index in [2.05, 4.69) is 0 Å². The summed E-state index contributed by atoms with van der Waals surface area (Å²) >= 11 is 8.77. The third-order valence-corrected chi connectivity index (χ3v) is 11.8. The maximum Gasteiger partial charge on any atom is 0.354 e. The zero-order valence-corrected chi connectivity index (χ0v) is 32.9. The summed E-state index contributed by atoms with van der Waals surface area (Å²) in [6.45, 7) is 5.01. The van der Waals surface area contributed by atoms with Gasteiger partial charge in [0.15, 0.2) is 11.6 Å². The van der Waals surface area contributed by atoms with Crippen LogP contribution in [0.1, 0.15) is 76.3 Å². The number of halogens is 3. The molecule has 1 atom stereocenters. The molecule has 0 saturated carbocycles. The highest BCUT2D eigenvalue weighted by atomic mass is 35.5. The van der Waals surface area contributed by atoms with Crippen LogP contribution in [0.2, 0.25) is 5.02 Å². The fourth-order valence-corrected chi connectivity index (χ4v) is 8.94. The lowest BCUT2D eigenvalue weighted by Gasteiger charge is -2.24. The number of carbonyl (C=O) groups excluding carboxylic acids is 1. The molecule has 1 aliphatic rings. The van der Waals surface area contributed by atoms with Crippen molar-refractivity contribution in [3.8, 4) is 16.9 Å². The number of aryl methyl sites for hydroxylation is 5. The third kappa shape index (κ3) is 7.47. The summed E-state index contributed by atoms with van der Waals surface area (Å²) < 4.78 is 45.6. The van der Waals surface area contributed by atoms with Gasteiger partial charge in [0.2, 0.25) is 0 Å². The highest BCUT2D eigenvalue weighted by molar-refractivity contribution is 7.97. The Morgan fingerprint density at radius 1 is 1.05 bits per heavy atom. The van der Waals surface area contributed by atoms with Crippen molar-refractivity contribution in [1.29, 1.82) is 0 Å². The van der Waals surface area contributed by atoms with Crippen molar-refractivity contribution >= 4 is 51.0 Å². The Balaban J connectivity index is 1.18. The van der Waals surface area contributed by atoms with E-state index in [0.717, 1.165) is 75.7 Å². The first kappa shape index (κ1) is 38.8. The van der Waals surface area contributed by atoms with Crippen LogP contribution in [0, 0.1) is 25.5 Å². The minimum Gasteiger partial charge on any atom is -0.507 e. The fourth-order valence-electron chi connectivity index (χ4n) is 7.84. The van der Waals surface area contributed by atoms with Crippen molar-refractivity contribution in [2.75, 3.05) is 20.3 Å². The standard InChI is InChI=1S/C41H44ClF2N5O5S/c1-23-36-33(48(15-7-16-50)40(23)41(52)53-4)14-12-30(42)38(36)37-24(2)49(35-8-5-6-17-54-35)46-32(37)22-55-21-26-20-27(47(3)45-26)10-9-25-18-29-28(34(51)19-25)11-13-31(43)39(29)44/h11-14,18-20,35,50-51H,5-10,15-17,21-22H2,1-4H3. The number of aliphatic hydroxyl groups is 1. The molecule has 3 aromatic carbocycles. The van der Waals surface area contributed by atoms with Crippen molar-refractivity contribution in [3.63, 3.8) is 0 Å². The summed E-state index contributed by atoms with van der Waals surface area (Å²) in [5.41, 5.74) is 7.97. The van der Waals surface area contributed by atoms with Crippen LogP contribution in [-0.4, -0.2) is 60.6 Å². The van der Waals surface area contributed by atoms with E-state index < -0.39 is 17.6 Å². The van der Waals surface area contributed by atoms with Crippen molar-refractivity contribution in [2.24, 2.45) is 7.05 Å². The van der Waals surface area contributed by atoms with E-state index in [9.17, 15) is 23.8 Å². The lowest BCUT2D eigenvalue weighted by atomic mass is 9.97. The molecule has 1 aliphatic heterocycles. The van der Waals surface area contributed by atoms with Gasteiger partial charge in [0.05, 0.1) is 18.5 Å². The predicted molar refractivity (Wildman–Crippen MR) is 211 cm³/mol. The highest BCUT2D eigenvalue weighted by Gasteiger charge is 2.30. The summed E-state index contributed by atoms with van der Waals surface area (Å²) in [6, 6.07) is 11.4. The Hall–Kier alpha value is -4.43. The molecule has 1 saturated heterocycles. The van der Waals surface area contributed by atoms with Crippen LogP contribution < -0.4 is 0 Å². The highest BCUT2D eigenvalue weighted by Crippen LogP contribution is 2.44. The lowest BCUT2D eigenvalue weighted by molar-refractivity contribution is -0.0407. The number of aromatic hydroxyl groups is 1. The Bertz CT molecular complexity index is 2400. The quantitative estimate of drug-likeness (QED) is 0.112. The Morgan fingerprint density at radius 2 is 1.87 bits per heavy atom. The predicted octanol–water partition coefficient (Wildman–Crippen LogP) is 8.73. The first-order valence-electron chi connectivity index (χ1n) is 18.4. The zero-order valence-electron chi connectivity index (χ0n) is 31.3. The number of benzene rings is 3. The topological polar surface area (TPSA) is 117 Å². The van der Waals surface area contributed by atoms with Gasteiger partial charge in [0.25, 0.3) is 0 Å². The monoisotopic (exact) mass is 791 g/mol. The molecule has 0 amide bonds. The largest absolute Gasteiger partial charge is 0.507 e. The van der Waals surface area contributed by atoms with E-state index in [1.165, 1.54) is 13.2 Å². The van der Waals surface area contributed by atoms with Crippen molar-refractivity contribution in [3.05, 3.63) is 98.7 Å². The maximum absolute atomic E-state index is 14.5. The normalized spacial score (nSPS) is 14.7. The Kier molecular flexibility index (Phi) is 11.5. The number of aliphatic hydroxyl groups excluding tert-OH is 1. The zero-order chi connectivity index (χ0) is 39.0.